The summed E-state index contributed by atoms with van der Waals surface area (Å²) in [6, 6.07) is 1.67. The lowest BCUT2D eigenvalue weighted by atomic mass is 10.3. The van der Waals surface area contributed by atoms with Crippen molar-refractivity contribution in [1.82, 2.24) is 14.5 Å². The Morgan fingerprint density at radius 3 is 2.84 bits per heavy atom. The third kappa shape index (κ3) is 2.98. The van der Waals surface area contributed by atoms with Crippen LogP contribution in [-0.2, 0) is 4.79 Å². The average Bonchev–Trinajstić information content (AvgIpc) is 2.82. The van der Waals surface area contributed by atoms with Crippen molar-refractivity contribution >= 4 is 12.0 Å². The van der Waals surface area contributed by atoms with E-state index in [4.69, 9.17) is 9.84 Å². The minimum Gasteiger partial charge on any atom is -0.494 e. The molecule has 2 aromatic rings. The number of pyridine rings is 1. The molecule has 0 fully saturated rings. The monoisotopic (exact) mass is 259 g/mol. The Bertz CT molecular complexity index is 632. The number of aliphatic carboxylic acids is 1. The van der Waals surface area contributed by atoms with Gasteiger partial charge in [0, 0.05) is 18.3 Å². The molecule has 98 valence electrons. The molecule has 0 aliphatic heterocycles. The van der Waals surface area contributed by atoms with Gasteiger partial charge in [0.25, 0.3) is 0 Å². The maximum Gasteiger partial charge on any atom is 0.328 e. The first-order chi connectivity index (χ1) is 9.10. The zero-order valence-electron chi connectivity index (χ0n) is 10.6. The number of nitrogens with zero attached hydrogens (tertiary/aromatic N) is 3. The number of carboxylic acid groups (broad SMARTS) is 1. The molecule has 0 aliphatic rings. The summed E-state index contributed by atoms with van der Waals surface area (Å²) in [5, 5.41) is 8.58. The third-order valence-corrected chi connectivity index (χ3v) is 2.47. The van der Waals surface area contributed by atoms with Crippen LogP contribution in [0.5, 0.6) is 5.75 Å². The van der Waals surface area contributed by atoms with Gasteiger partial charge in [0.15, 0.2) is 0 Å². The number of carboxylic acids is 1. The van der Waals surface area contributed by atoms with Crippen LogP contribution in [0.2, 0.25) is 0 Å². The Kier molecular flexibility index (Phi) is 3.61. The first-order valence-electron chi connectivity index (χ1n) is 5.56. The zero-order valence-corrected chi connectivity index (χ0v) is 10.6. The fourth-order valence-corrected chi connectivity index (χ4v) is 1.60. The van der Waals surface area contributed by atoms with E-state index in [1.165, 1.54) is 6.08 Å². The van der Waals surface area contributed by atoms with Crippen molar-refractivity contribution in [3.63, 3.8) is 0 Å². The van der Waals surface area contributed by atoms with E-state index in [2.05, 4.69) is 9.97 Å². The summed E-state index contributed by atoms with van der Waals surface area (Å²) >= 11 is 0. The molecular formula is C13H13N3O3. The van der Waals surface area contributed by atoms with Crippen molar-refractivity contribution in [1.29, 1.82) is 0 Å². The van der Waals surface area contributed by atoms with Gasteiger partial charge in [0.2, 0.25) is 0 Å². The van der Waals surface area contributed by atoms with Gasteiger partial charge in [-0.2, -0.15) is 0 Å². The largest absolute Gasteiger partial charge is 0.494 e. The molecular weight excluding hydrogens is 246 g/mol. The van der Waals surface area contributed by atoms with Crippen LogP contribution >= 0.6 is 0 Å². The maximum absolute atomic E-state index is 10.5. The molecule has 0 atom stereocenters. The van der Waals surface area contributed by atoms with E-state index in [9.17, 15) is 4.79 Å². The highest BCUT2D eigenvalue weighted by Crippen LogP contribution is 2.23. The summed E-state index contributed by atoms with van der Waals surface area (Å²) in [5.74, 6) is -0.424. The number of methoxy groups -OCH3 is 1. The van der Waals surface area contributed by atoms with E-state index in [0.29, 0.717) is 11.4 Å². The maximum atomic E-state index is 10.5. The van der Waals surface area contributed by atoms with E-state index in [-0.39, 0.29) is 0 Å². The van der Waals surface area contributed by atoms with E-state index >= 15 is 0 Å². The van der Waals surface area contributed by atoms with E-state index in [1.54, 1.807) is 30.3 Å². The normalized spacial score (nSPS) is 10.8. The Balaban J connectivity index is 2.39. The van der Waals surface area contributed by atoms with Crippen LogP contribution < -0.4 is 4.74 Å². The predicted octanol–water partition coefficient (Wildman–Crippen LogP) is 1.68. The Morgan fingerprint density at radius 2 is 2.26 bits per heavy atom. The molecule has 6 nitrogen and oxygen atoms in total. The summed E-state index contributed by atoms with van der Waals surface area (Å²) in [6.45, 7) is 1.89. The highest BCUT2D eigenvalue weighted by atomic mass is 16.5. The second kappa shape index (κ2) is 5.34. The van der Waals surface area contributed by atoms with E-state index < -0.39 is 5.97 Å². The van der Waals surface area contributed by atoms with Gasteiger partial charge < -0.3 is 14.4 Å². The van der Waals surface area contributed by atoms with Crippen LogP contribution in [0.4, 0.5) is 0 Å². The smallest absolute Gasteiger partial charge is 0.328 e. The molecule has 0 spiro atoms. The number of aromatic nitrogens is 3. The topological polar surface area (TPSA) is 77.2 Å². The molecule has 0 saturated heterocycles. The summed E-state index contributed by atoms with van der Waals surface area (Å²) in [5.41, 5.74) is 2.15. The second-order valence-corrected chi connectivity index (χ2v) is 3.87. The summed E-state index contributed by atoms with van der Waals surface area (Å²) in [6.07, 6.45) is 7.58. The lowest BCUT2D eigenvalue weighted by Crippen LogP contribution is -1.98. The van der Waals surface area contributed by atoms with Crippen LogP contribution in [0.15, 0.2) is 30.9 Å². The zero-order chi connectivity index (χ0) is 13.8. The lowest BCUT2D eigenvalue weighted by Gasteiger charge is -2.09. The number of ether oxygens (including phenoxy) is 1. The molecule has 0 bridgehead atoms. The first-order valence-corrected chi connectivity index (χ1v) is 5.56. The van der Waals surface area contributed by atoms with Gasteiger partial charge in [-0.15, -0.1) is 0 Å². The van der Waals surface area contributed by atoms with Crippen LogP contribution in [0.3, 0.4) is 0 Å². The van der Waals surface area contributed by atoms with Gasteiger partial charge in [0.1, 0.15) is 11.4 Å². The molecule has 0 saturated carbocycles. The molecule has 2 rings (SSSR count). The van der Waals surface area contributed by atoms with Crippen molar-refractivity contribution in [2.24, 2.45) is 0 Å². The van der Waals surface area contributed by atoms with Gasteiger partial charge in [-0.3, -0.25) is 4.98 Å². The highest BCUT2D eigenvalue weighted by Gasteiger charge is 2.07. The number of aryl methyl sites for hydroxylation is 1. The van der Waals surface area contributed by atoms with Gasteiger partial charge in [-0.1, -0.05) is 0 Å². The van der Waals surface area contributed by atoms with Crippen molar-refractivity contribution in [2.45, 2.75) is 6.92 Å². The predicted molar refractivity (Wildman–Crippen MR) is 69.3 cm³/mol. The molecule has 0 aliphatic carbocycles. The van der Waals surface area contributed by atoms with Crippen molar-refractivity contribution in [3.8, 4) is 11.4 Å². The fraction of sp³-hybridized carbons (Fsp3) is 0.154. The number of hydrogen-bond acceptors (Lipinski definition) is 4. The Hall–Kier alpha value is -2.63. The van der Waals surface area contributed by atoms with Gasteiger partial charge in [0.05, 0.1) is 31.0 Å². The minimum absolute atomic E-state index is 0.514. The lowest BCUT2D eigenvalue weighted by molar-refractivity contribution is -0.131. The number of imidazole rings is 1. The Labute approximate surface area is 110 Å². The van der Waals surface area contributed by atoms with Crippen molar-refractivity contribution in [3.05, 3.63) is 42.3 Å². The van der Waals surface area contributed by atoms with Crippen molar-refractivity contribution in [2.75, 3.05) is 7.11 Å². The van der Waals surface area contributed by atoms with Gasteiger partial charge >= 0.3 is 5.97 Å². The molecule has 1 N–H and O–H groups in total. The van der Waals surface area contributed by atoms with Crippen LogP contribution in [-0.4, -0.2) is 32.7 Å². The molecule has 6 heteroatoms. The Morgan fingerprint density at radius 1 is 1.47 bits per heavy atom. The standard InChI is InChI=1S/C13H13N3O3/c1-9-7-16(8-15-9)11-6-14-10(3-4-13(17)18)5-12(11)19-2/h3-8H,1-2H3,(H,17,18)/b4-3+. The number of rotatable bonds is 4. The van der Waals surface area contributed by atoms with Crippen molar-refractivity contribution < 1.29 is 14.6 Å². The van der Waals surface area contributed by atoms with Crippen LogP contribution in [0.1, 0.15) is 11.4 Å². The molecule has 2 aromatic heterocycles. The van der Waals surface area contributed by atoms with Crippen LogP contribution in [0, 0.1) is 6.92 Å². The fourth-order valence-electron chi connectivity index (χ4n) is 1.60. The van der Waals surface area contributed by atoms with E-state index in [1.807, 2.05) is 13.1 Å². The van der Waals surface area contributed by atoms with Gasteiger partial charge in [-0.25, -0.2) is 9.78 Å². The number of hydrogen-bond donors (Lipinski definition) is 1. The second-order valence-electron chi connectivity index (χ2n) is 3.87. The van der Waals surface area contributed by atoms with Crippen LogP contribution in [0.25, 0.3) is 11.8 Å². The quantitative estimate of drug-likeness (QED) is 0.845. The summed E-state index contributed by atoms with van der Waals surface area (Å²) in [7, 11) is 1.55. The highest BCUT2D eigenvalue weighted by molar-refractivity contribution is 5.85. The minimum atomic E-state index is -1.02. The number of carbonyl (C=O) groups is 1. The molecule has 0 unspecified atom stereocenters. The summed E-state index contributed by atoms with van der Waals surface area (Å²) in [4.78, 5) is 18.8. The SMILES string of the molecule is COc1cc(/C=C/C(=O)O)ncc1-n1cnc(C)c1. The molecule has 0 amide bonds. The molecule has 19 heavy (non-hydrogen) atoms. The molecule has 0 radical (unpaired) electrons. The van der Waals surface area contributed by atoms with E-state index in [0.717, 1.165) is 17.5 Å². The molecule has 2 heterocycles. The average molecular weight is 259 g/mol. The molecule has 0 aromatic carbocycles. The first kappa shape index (κ1) is 12.8. The van der Waals surface area contributed by atoms with Gasteiger partial charge in [-0.05, 0) is 13.0 Å². The third-order valence-electron chi connectivity index (χ3n) is 2.47. The summed E-state index contributed by atoms with van der Waals surface area (Å²) < 4.78 is 7.08.